The predicted molar refractivity (Wildman–Crippen MR) is 120 cm³/mol. The van der Waals surface area contributed by atoms with E-state index in [-0.39, 0.29) is 11.8 Å². The molecule has 0 N–H and O–H groups in total. The molecule has 0 bridgehead atoms. The summed E-state index contributed by atoms with van der Waals surface area (Å²) in [6, 6.07) is 21.2. The lowest BCUT2D eigenvalue weighted by atomic mass is 9.90. The number of benzene rings is 3. The van der Waals surface area contributed by atoms with Crippen LogP contribution in [0.2, 0.25) is 10.0 Å². The predicted octanol–water partition coefficient (Wildman–Crippen LogP) is 5.35. The van der Waals surface area contributed by atoms with Crippen LogP contribution in [0.5, 0.6) is 0 Å². The average molecular weight is 453 g/mol. The summed E-state index contributed by atoms with van der Waals surface area (Å²) in [7, 11) is 0. The Hall–Kier alpha value is -2.86. The van der Waals surface area contributed by atoms with Crippen LogP contribution < -0.4 is 9.96 Å². The van der Waals surface area contributed by atoms with Crippen molar-refractivity contribution in [3.8, 4) is 0 Å². The van der Waals surface area contributed by atoms with E-state index in [1.165, 1.54) is 4.90 Å². The number of halogens is 2. The molecule has 7 heteroatoms. The molecule has 5 nitrogen and oxygen atoms in total. The third-order valence-electron chi connectivity index (χ3n) is 5.67. The third-order valence-corrected chi connectivity index (χ3v) is 6.23. The summed E-state index contributed by atoms with van der Waals surface area (Å²) in [6.07, 6.45) is -0.940. The Morgan fingerprint density at radius 1 is 0.839 bits per heavy atom. The number of hydrogen-bond acceptors (Lipinski definition) is 4. The van der Waals surface area contributed by atoms with E-state index in [2.05, 4.69) is 0 Å². The van der Waals surface area contributed by atoms with E-state index in [4.69, 9.17) is 28.0 Å². The first-order valence-electron chi connectivity index (χ1n) is 9.86. The number of imide groups is 1. The first kappa shape index (κ1) is 20.1. The highest BCUT2D eigenvalue weighted by Crippen LogP contribution is 2.49. The monoisotopic (exact) mass is 452 g/mol. The van der Waals surface area contributed by atoms with Gasteiger partial charge in [-0.1, -0.05) is 59.6 Å². The van der Waals surface area contributed by atoms with Gasteiger partial charge in [0.1, 0.15) is 5.92 Å². The van der Waals surface area contributed by atoms with E-state index in [0.717, 1.165) is 11.3 Å². The van der Waals surface area contributed by atoms with Crippen LogP contribution in [0.15, 0.2) is 72.8 Å². The van der Waals surface area contributed by atoms with Gasteiger partial charge in [-0.3, -0.25) is 14.4 Å². The van der Waals surface area contributed by atoms with E-state index in [0.29, 0.717) is 21.3 Å². The van der Waals surface area contributed by atoms with E-state index < -0.39 is 18.1 Å². The number of hydrogen-bond donors (Lipinski definition) is 0. The quantitative estimate of drug-likeness (QED) is 0.502. The van der Waals surface area contributed by atoms with Crippen LogP contribution in [0.3, 0.4) is 0 Å². The maximum absolute atomic E-state index is 13.6. The number of carbonyl (C=O) groups is 2. The number of rotatable bonds is 3. The van der Waals surface area contributed by atoms with Crippen LogP contribution in [0.4, 0.5) is 11.4 Å². The van der Waals surface area contributed by atoms with Crippen molar-refractivity contribution < 1.29 is 14.4 Å². The molecule has 0 aromatic heterocycles. The number of carbonyl (C=O) groups excluding carboxylic acids is 2. The number of hydroxylamine groups is 1. The first-order valence-corrected chi connectivity index (χ1v) is 10.6. The van der Waals surface area contributed by atoms with Crippen LogP contribution in [0, 0.1) is 12.8 Å². The van der Waals surface area contributed by atoms with Gasteiger partial charge in [0.15, 0.2) is 6.10 Å². The van der Waals surface area contributed by atoms with Gasteiger partial charge in [0.25, 0.3) is 5.91 Å². The van der Waals surface area contributed by atoms with Crippen molar-refractivity contribution in [2.24, 2.45) is 5.92 Å². The van der Waals surface area contributed by atoms with Crippen LogP contribution in [-0.4, -0.2) is 17.9 Å². The number of nitrogens with zero attached hydrogens (tertiary/aromatic N) is 2. The number of aryl methyl sites for hydroxylation is 1. The lowest BCUT2D eigenvalue weighted by Crippen LogP contribution is -2.37. The zero-order valence-electron chi connectivity index (χ0n) is 16.5. The zero-order valence-corrected chi connectivity index (χ0v) is 18.0. The number of para-hydroxylation sites is 1. The van der Waals surface area contributed by atoms with E-state index >= 15 is 0 Å². The maximum Gasteiger partial charge on any atom is 0.266 e. The topological polar surface area (TPSA) is 49.9 Å². The van der Waals surface area contributed by atoms with Gasteiger partial charge >= 0.3 is 0 Å². The molecule has 2 aliphatic heterocycles. The summed E-state index contributed by atoms with van der Waals surface area (Å²) in [5.74, 6) is -1.43. The van der Waals surface area contributed by atoms with Crippen LogP contribution in [0.1, 0.15) is 17.2 Å². The maximum atomic E-state index is 13.6. The molecule has 31 heavy (non-hydrogen) atoms. The summed E-state index contributed by atoms with van der Waals surface area (Å²) in [4.78, 5) is 34.2. The van der Waals surface area contributed by atoms with Gasteiger partial charge in [0.05, 0.1) is 17.4 Å². The fourth-order valence-electron chi connectivity index (χ4n) is 4.29. The highest BCUT2D eigenvalue weighted by molar-refractivity contribution is 6.35. The second-order valence-corrected chi connectivity index (χ2v) is 8.52. The van der Waals surface area contributed by atoms with Gasteiger partial charge in [-0.25, -0.2) is 9.96 Å². The molecule has 0 aliphatic carbocycles. The van der Waals surface area contributed by atoms with Gasteiger partial charge in [-0.05, 0) is 54.4 Å². The van der Waals surface area contributed by atoms with Crippen molar-refractivity contribution in [3.63, 3.8) is 0 Å². The van der Waals surface area contributed by atoms with E-state index in [1.807, 2.05) is 55.5 Å². The largest absolute Gasteiger partial charge is 0.273 e. The van der Waals surface area contributed by atoms with Crippen molar-refractivity contribution in [1.29, 1.82) is 0 Å². The molecule has 2 aliphatic rings. The molecular formula is C24H18Cl2N2O3. The Balaban J connectivity index is 1.62. The van der Waals surface area contributed by atoms with Crippen LogP contribution in [-0.2, 0) is 14.4 Å². The molecule has 2 amide bonds. The number of anilines is 2. The molecule has 3 aromatic carbocycles. The second-order valence-electron chi connectivity index (χ2n) is 7.67. The van der Waals surface area contributed by atoms with Gasteiger partial charge in [0, 0.05) is 10.0 Å². The lowest BCUT2D eigenvalue weighted by Gasteiger charge is -2.29. The Labute approximate surface area is 189 Å². The van der Waals surface area contributed by atoms with Gasteiger partial charge < -0.3 is 0 Å². The summed E-state index contributed by atoms with van der Waals surface area (Å²) < 4.78 is 0. The van der Waals surface area contributed by atoms with Crippen molar-refractivity contribution in [3.05, 3.63) is 94.0 Å². The van der Waals surface area contributed by atoms with Crippen molar-refractivity contribution in [1.82, 2.24) is 0 Å². The molecule has 3 unspecified atom stereocenters. The standard InChI is InChI=1S/C24H18Cl2N2O3/c1-14-6-5-9-17(12-14)27-23(29)20-21(18-11-10-15(25)13-19(18)26)28(31-22(20)24(27)30)16-7-3-2-4-8-16/h2-13,20-22H,1H3. The Morgan fingerprint density at radius 3 is 2.29 bits per heavy atom. The van der Waals surface area contributed by atoms with Crippen molar-refractivity contribution in [2.45, 2.75) is 19.1 Å². The Bertz CT molecular complexity index is 1180. The molecule has 2 saturated heterocycles. The molecule has 0 spiro atoms. The molecular weight excluding hydrogens is 435 g/mol. The smallest absolute Gasteiger partial charge is 0.266 e. The third kappa shape index (κ3) is 3.30. The minimum Gasteiger partial charge on any atom is -0.273 e. The first-order chi connectivity index (χ1) is 15.0. The van der Waals surface area contributed by atoms with Crippen LogP contribution in [0.25, 0.3) is 0 Å². The second kappa shape index (κ2) is 7.68. The fourth-order valence-corrected chi connectivity index (χ4v) is 4.81. The average Bonchev–Trinajstić information content (AvgIpc) is 3.25. The minimum atomic E-state index is -0.940. The number of amides is 2. The zero-order chi connectivity index (χ0) is 21.7. The normalized spacial score (nSPS) is 22.9. The Morgan fingerprint density at radius 2 is 1.58 bits per heavy atom. The summed E-state index contributed by atoms with van der Waals surface area (Å²) in [5.41, 5.74) is 2.91. The molecule has 3 atom stereocenters. The molecule has 3 aromatic rings. The molecule has 0 radical (unpaired) electrons. The van der Waals surface area contributed by atoms with E-state index in [9.17, 15) is 9.59 Å². The van der Waals surface area contributed by atoms with Crippen LogP contribution >= 0.6 is 23.2 Å². The number of fused-ring (bicyclic) bond motifs is 1. The molecule has 2 fully saturated rings. The molecule has 0 saturated carbocycles. The Kier molecular flexibility index (Phi) is 4.97. The minimum absolute atomic E-state index is 0.310. The SMILES string of the molecule is Cc1cccc(N2C(=O)C3ON(c4ccccc4)C(c4ccc(Cl)cc4Cl)C3C2=O)c1. The van der Waals surface area contributed by atoms with Gasteiger partial charge in [0.2, 0.25) is 5.91 Å². The highest BCUT2D eigenvalue weighted by atomic mass is 35.5. The summed E-state index contributed by atoms with van der Waals surface area (Å²) in [6.45, 7) is 1.92. The van der Waals surface area contributed by atoms with Gasteiger partial charge in [-0.15, -0.1) is 0 Å². The van der Waals surface area contributed by atoms with E-state index in [1.54, 1.807) is 29.3 Å². The highest BCUT2D eigenvalue weighted by Gasteiger charge is 2.60. The van der Waals surface area contributed by atoms with Crippen molar-refractivity contribution in [2.75, 3.05) is 9.96 Å². The molecule has 5 rings (SSSR count). The fraction of sp³-hybridized carbons (Fsp3) is 0.167. The molecule has 156 valence electrons. The summed E-state index contributed by atoms with van der Waals surface area (Å²) in [5, 5.41) is 2.52. The van der Waals surface area contributed by atoms with Crippen molar-refractivity contribution >= 4 is 46.4 Å². The lowest BCUT2D eigenvalue weighted by molar-refractivity contribution is -0.126. The van der Waals surface area contributed by atoms with Gasteiger partial charge in [-0.2, -0.15) is 0 Å². The molecule has 2 heterocycles. The summed E-state index contributed by atoms with van der Waals surface area (Å²) >= 11 is 12.6.